The standard InChI is InChI=1S/C12H13N7O/c1-9(5-6-13)18(2)12(20)11-4-3-10(7-14-11)19-8-15-16-17-19/h3-4,7-9H,5H2,1-2H3. The molecular formula is C12H13N7O. The quantitative estimate of drug-likeness (QED) is 0.799. The summed E-state index contributed by atoms with van der Waals surface area (Å²) in [6, 6.07) is 5.20. The van der Waals surface area contributed by atoms with Gasteiger partial charge in [0.05, 0.1) is 24.4 Å². The largest absolute Gasteiger partial charge is 0.337 e. The van der Waals surface area contributed by atoms with Gasteiger partial charge in [-0.3, -0.25) is 4.79 Å². The van der Waals surface area contributed by atoms with Gasteiger partial charge >= 0.3 is 0 Å². The van der Waals surface area contributed by atoms with Gasteiger partial charge in [0.2, 0.25) is 0 Å². The molecule has 1 amide bonds. The van der Waals surface area contributed by atoms with Crippen LogP contribution in [0.25, 0.3) is 5.69 Å². The fourth-order valence-corrected chi connectivity index (χ4v) is 1.58. The predicted octanol–water partition coefficient (Wildman–Crippen LogP) is 0.431. The molecule has 2 aromatic heterocycles. The molecule has 0 spiro atoms. The van der Waals surface area contributed by atoms with Gasteiger partial charge in [0, 0.05) is 13.1 Å². The zero-order chi connectivity index (χ0) is 14.5. The summed E-state index contributed by atoms with van der Waals surface area (Å²) in [6.45, 7) is 1.82. The van der Waals surface area contributed by atoms with Gasteiger partial charge in [-0.2, -0.15) is 9.94 Å². The number of aromatic nitrogens is 5. The third-order valence-electron chi connectivity index (χ3n) is 2.95. The maximum absolute atomic E-state index is 12.2. The Morgan fingerprint density at radius 2 is 2.35 bits per heavy atom. The molecule has 0 fully saturated rings. The first-order valence-electron chi connectivity index (χ1n) is 5.97. The highest BCUT2D eigenvalue weighted by Gasteiger charge is 2.18. The second-order valence-electron chi connectivity index (χ2n) is 4.28. The Bertz CT molecular complexity index is 614. The third kappa shape index (κ3) is 2.77. The number of pyridine rings is 1. The minimum atomic E-state index is -0.226. The van der Waals surface area contributed by atoms with E-state index in [1.807, 2.05) is 13.0 Å². The molecule has 0 aliphatic carbocycles. The Kier molecular flexibility index (Phi) is 4.00. The van der Waals surface area contributed by atoms with Gasteiger partial charge in [0.15, 0.2) is 0 Å². The zero-order valence-electron chi connectivity index (χ0n) is 11.1. The molecule has 1 atom stereocenters. The lowest BCUT2D eigenvalue weighted by atomic mass is 10.2. The van der Waals surface area contributed by atoms with Crippen molar-refractivity contribution in [3.8, 4) is 11.8 Å². The third-order valence-corrected chi connectivity index (χ3v) is 2.95. The highest BCUT2D eigenvalue weighted by Crippen LogP contribution is 2.09. The van der Waals surface area contributed by atoms with E-state index in [4.69, 9.17) is 5.26 Å². The lowest BCUT2D eigenvalue weighted by Crippen LogP contribution is -2.35. The summed E-state index contributed by atoms with van der Waals surface area (Å²) < 4.78 is 1.45. The molecule has 0 aliphatic heterocycles. The van der Waals surface area contributed by atoms with Gasteiger partial charge in [0.25, 0.3) is 5.91 Å². The van der Waals surface area contributed by atoms with E-state index in [0.29, 0.717) is 11.4 Å². The number of carbonyl (C=O) groups excluding carboxylic acids is 1. The molecule has 8 heteroatoms. The predicted molar refractivity (Wildman–Crippen MR) is 68.7 cm³/mol. The number of carbonyl (C=O) groups is 1. The average Bonchev–Trinajstić information content (AvgIpc) is 3.00. The lowest BCUT2D eigenvalue weighted by Gasteiger charge is -2.22. The molecule has 20 heavy (non-hydrogen) atoms. The molecule has 0 N–H and O–H groups in total. The van der Waals surface area contributed by atoms with E-state index in [-0.39, 0.29) is 18.4 Å². The average molecular weight is 271 g/mol. The summed E-state index contributed by atoms with van der Waals surface area (Å²) in [5.41, 5.74) is 0.980. The van der Waals surface area contributed by atoms with Crippen molar-refractivity contribution < 1.29 is 4.79 Å². The van der Waals surface area contributed by atoms with Crippen molar-refractivity contribution >= 4 is 5.91 Å². The lowest BCUT2D eigenvalue weighted by molar-refractivity contribution is 0.0740. The molecule has 102 valence electrons. The molecular weight excluding hydrogens is 258 g/mol. The summed E-state index contributed by atoms with van der Waals surface area (Å²) in [5.74, 6) is -0.226. The number of hydrogen-bond donors (Lipinski definition) is 0. The van der Waals surface area contributed by atoms with Gasteiger partial charge in [0.1, 0.15) is 12.0 Å². The fraction of sp³-hybridized carbons (Fsp3) is 0.333. The van der Waals surface area contributed by atoms with Crippen LogP contribution in [0.4, 0.5) is 0 Å². The summed E-state index contributed by atoms with van der Waals surface area (Å²) in [7, 11) is 1.65. The first kappa shape index (κ1) is 13.6. The van der Waals surface area contributed by atoms with E-state index in [1.54, 1.807) is 19.2 Å². The van der Waals surface area contributed by atoms with E-state index in [0.717, 1.165) is 0 Å². The van der Waals surface area contributed by atoms with Crippen molar-refractivity contribution in [2.45, 2.75) is 19.4 Å². The minimum Gasteiger partial charge on any atom is -0.337 e. The fourth-order valence-electron chi connectivity index (χ4n) is 1.58. The molecule has 0 radical (unpaired) electrons. The minimum absolute atomic E-state index is 0.159. The molecule has 0 bridgehead atoms. The normalized spacial score (nSPS) is 11.7. The number of nitriles is 1. The highest BCUT2D eigenvalue weighted by atomic mass is 16.2. The molecule has 0 saturated heterocycles. The molecule has 8 nitrogen and oxygen atoms in total. The molecule has 2 aromatic rings. The van der Waals surface area contributed by atoms with Crippen LogP contribution in [0, 0.1) is 11.3 Å². The van der Waals surface area contributed by atoms with Gasteiger partial charge < -0.3 is 4.90 Å². The smallest absolute Gasteiger partial charge is 0.272 e. The van der Waals surface area contributed by atoms with E-state index in [1.165, 1.54) is 22.1 Å². The van der Waals surface area contributed by atoms with Crippen LogP contribution >= 0.6 is 0 Å². The van der Waals surface area contributed by atoms with E-state index < -0.39 is 0 Å². The molecule has 2 heterocycles. The molecule has 0 aromatic carbocycles. The van der Waals surface area contributed by atoms with Crippen molar-refractivity contribution in [1.29, 1.82) is 5.26 Å². The Balaban J connectivity index is 2.14. The molecule has 0 aliphatic rings. The second-order valence-corrected chi connectivity index (χ2v) is 4.28. The van der Waals surface area contributed by atoms with Crippen LogP contribution in [0.1, 0.15) is 23.8 Å². The number of tetrazole rings is 1. The van der Waals surface area contributed by atoms with Crippen LogP contribution in [0.5, 0.6) is 0 Å². The first-order valence-corrected chi connectivity index (χ1v) is 5.97. The summed E-state index contributed by atoms with van der Waals surface area (Å²) in [5, 5.41) is 19.4. The van der Waals surface area contributed by atoms with Crippen LogP contribution < -0.4 is 0 Å². The number of amides is 1. The maximum Gasteiger partial charge on any atom is 0.272 e. The SMILES string of the molecule is CC(CC#N)N(C)C(=O)c1ccc(-n2cnnn2)cn1. The van der Waals surface area contributed by atoms with Gasteiger partial charge in [-0.15, -0.1) is 5.10 Å². The Morgan fingerprint density at radius 3 is 2.90 bits per heavy atom. The van der Waals surface area contributed by atoms with Gasteiger partial charge in [-0.05, 0) is 29.5 Å². The van der Waals surface area contributed by atoms with Crippen molar-refractivity contribution in [2.24, 2.45) is 0 Å². The van der Waals surface area contributed by atoms with Gasteiger partial charge in [-0.25, -0.2) is 4.98 Å². The number of rotatable bonds is 4. The van der Waals surface area contributed by atoms with Crippen molar-refractivity contribution in [3.63, 3.8) is 0 Å². The molecule has 0 saturated carbocycles. The van der Waals surface area contributed by atoms with E-state index >= 15 is 0 Å². The van der Waals surface area contributed by atoms with Crippen LogP contribution in [0.15, 0.2) is 24.7 Å². The summed E-state index contributed by atoms with van der Waals surface area (Å²) in [6.07, 6.45) is 3.25. The monoisotopic (exact) mass is 271 g/mol. The van der Waals surface area contributed by atoms with Crippen LogP contribution in [-0.4, -0.2) is 49.1 Å². The molecule has 1 unspecified atom stereocenters. The molecule has 2 rings (SSSR count). The number of hydrogen-bond acceptors (Lipinski definition) is 6. The highest BCUT2D eigenvalue weighted by molar-refractivity contribution is 5.92. The van der Waals surface area contributed by atoms with Crippen molar-refractivity contribution in [2.75, 3.05) is 7.05 Å². The Labute approximate surface area is 115 Å². The van der Waals surface area contributed by atoms with Crippen LogP contribution in [0.2, 0.25) is 0 Å². The zero-order valence-corrected chi connectivity index (χ0v) is 11.1. The van der Waals surface area contributed by atoms with Crippen LogP contribution in [0.3, 0.4) is 0 Å². The van der Waals surface area contributed by atoms with Crippen molar-refractivity contribution in [3.05, 3.63) is 30.4 Å². The Morgan fingerprint density at radius 1 is 1.55 bits per heavy atom. The van der Waals surface area contributed by atoms with E-state index in [2.05, 4.69) is 20.5 Å². The van der Waals surface area contributed by atoms with Gasteiger partial charge in [-0.1, -0.05) is 0 Å². The second kappa shape index (κ2) is 5.88. The van der Waals surface area contributed by atoms with E-state index in [9.17, 15) is 4.79 Å². The number of nitrogens with zero attached hydrogens (tertiary/aromatic N) is 7. The first-order chi connectivity index (χ1) is 9.63. The summed E-state index contributed by atoms with van der Waals surface area (Å²) >= 11 is 0. The topological polar surface area (TPSA) is 101 Å². The summed E-state index contributed by atoms with van der Waals surface area (Å²) in [4.78, 5) is 17.8. The maximum atomic E-state index is 12.2. The van der Waals surface area contributed by atoms with Crippen LogP contribution in [-0.2, 0) is 0 Å². The Hall–Kier alpha value is -2.82. The van der Waals surface area contributed by atoms with Crippen molar-refractivity contribution in [1.82, 2.24) is 30.1 Å².